The Hall–Kier alpha value is -3.27. The van der Waals surface area contributed by atoms with Gasteiger partial charge in [-0.05, 0) is 69.7 Å². The summed E-state index contributed by atoms with van der Waals surface area (Å²) < 4.78 is 34.1. The van der Waals surface area contributed by atoms with Crippen LogP contribution in [0.4, 0.5) is 5.69 Å². The molecule has 1 unspecified atom stereocenters. The molecule has 2 amide bonds. The van der Waals surface area contributed by atoms with E-state index in [0.29, 0.717) is 11.3 Å². The number of hydrogen-bond acceptors (Lipinski definition) is 5. The lowest BCUT2D eigenvalue weighted by molar-refractivity contribution is -0.139. The number of methoxy groups -OCH3 is 1. The van der Waals surface area contributed by atoms with E-state index in [1.54, 1.807) is 49.4 Å². The molecule has 3 aromatic rings. The van der Waals surface area contributed by atoms with Gasteiger partial charge >= 0.3 is 0 Å². The van der Waals surface area contributed by atoms with Gasteiger partial charge in [0.25, 0.3) is 10.0 Å². The first kappa shape index (κ1) is 31.3. The fourth-order valence-electron chi connectivity index (χ4n) is 3.99. The van der Waals surface area contributed by atoms with E-state index in [-0.39, 0.29) is 39.1 Å². The van der Waals surface area contributed by atoms with Gasteiger partial charge in [0.1, 0.15) is 18.3 Å². The summed E-state index contributed by atoms with van der Waals surface area (Å²) in [4.78, 5) is 28.3. The van der Waals surface area contributed by atoms with Crippen LogP contribution < -0.4 is 14.4 Å². The molecule has 0 fully saturated rings. The number of halogens is 2. The Morgan fingerprint density at radius 1 is 0.975 bits per heavy atom. The van der Waals surface area contributed by atoms with Gasteiger partial charge in [-0.15, -0.1) is 0 Å². The third-order valence-electron chi connectivity index (χ3n) is 6.17. The number of carbonyl (C=O) groups excluding carboxylic acids is 2. The summed E-state index contributed by atoms with van der Waals surface area (Å²) in [7, 11) is -2.73. The van der Waals surface area contributed by atoms with Crippen LogP contribution in [0, 0.1) is 6.92 Å². The van der Waals surface area contributed by atoms with E-state index in [9.17, 15) is 18.0 Å². The van der Waals surface area contributed by atoms with Crippen molar-refractivity contribution in [2.45, 2.75) is 51.2 Å². The minimum atomic E-state index is -4.27. The zero-order chi connectivity index (χ0) is 29.6. The van der Waals surface area contributed by atoms with Crippen molar-refractivity contribution in [2.75, 3.05) is 18.0 Å². The van der Waals surface area contributed by atoms with Crippen LogP contribution in [-0.2, 0) is 26.2 Å². The summed E-state index contributed by atoms with van der Waals surface area (Å²) >= 11 is 12.7. The molecule has 0 aliphatic carbocycles. The van der Waals surface area contributed by atoms with Crippen LogP contribution in [0.25, 0.3) is 0 Å². The third-order valence-corrected chi connectivity index (χ3v) is 8.76. The first-order valence-electron chi connectivity index (χ1n) is 12.6. The predicted octanol–water partition coefficient (Wildman–Crippen LogP) is 5.45. The van der Waals surface area contributed by atoms with Gasteiger partial charge in [-0.25, -0.2) is 8.42 Å². The molecule has 40 heavy (non-hydrogen) atoms. The lowest BCUT2D eigenvalue weighted by Gasteiger charge is -2.32. The maximum absolute atomic E-state index is 14.0. The van der Waals surface area contributed by atoms with Crippen molar-refractivity contribution in [2.24, 2.45) is 0 Å². The van der Waals surface area contributed by atoms with Crippen LogP contribution in [0.1, 0.15) is 31.9 Å². The topological polar surface area (TPSA) is 96.0 Å². The third kappa shape index (κ3) is 7.47. The molecule has 1 N–H and O–H groups in total. The van der Waals surface area contributed by atoms with Crippen molar-refractivity contribution in [3.8, 4) is 5.75 Å². The first-order valence-corrected chi connectivity index (χ1v) is 14.8. The molecule has 11 heteroatoms. The van der Waals surface area contributed by atoms with Crippen molar-refractivity contribution in [3.63, 3.8) is 0 Å². The van der Waals surface area contributed by atoms with E-state index >= 15 is 0 Å². The van der Waals surface area contributed by atoms with E-state index in [1.807, 2.05) is 20.8 Å². The van der Waals surface area contributed by atoms with Crippen molar-refractivity contribution in [1.29, 1.82) is 0 Å². The molecular weight excluding hydrogens is 573 g/mol. The number of nitrogens with one attached hydrogen (secondary N) is 1. The largest absolute Gasteiger partial charge is 0.497 e. The Morgan fingerprint density at radius 2 is 1.62 bits per heavy atom. The number of rotatable bonds is 11. The zero-order valence-electron chi connectivity index (χ0n) is 23.0. The molecule has 0 aromatic heterocycles. The number of nitrogens with zero attached hydrogens (tertiary/aromatic N) is 2. The van der Waals surface area contributed by atoms with E-state index in [1.165, 1.54) is 36.3 Å². The zero-order valence-corrected chi connectivity index (χ0v) is 25.3. The molecule has 0 heterocycles. The van der Waals surface area contributed by atoms with Gasteiger partial charge in [0.15, 0.2) is 0 Å². The number of benzene rings is 3. The average molecular weight is 607 g/mol. The van der Waals surface area contributed by atoms with E-state index in [0.717, 1.165) is 9.87 Å². The lowest BCUT2D eigenvalue weighted by atomic mass is 10.1. The Morgan fingerprint density at radius 3 is 2.25 bits per heavy atom. The van der Waals surface area contributed by atoms with Gasteiger partial charge < -0.3 is 15.0 Å². The van der Waals surface area contributed by atoms with Gasteiger partial charge in [0.2, 0.25) is 11.8 Å². The summed E-state index contributed by atoms with van der Waals surface area (Å²) in [6.07, 6.45) is 0. The highest BCUT2D eigenvalue weighted by Gasteiger charge is 2.33. The second kappa shape index (κ2) is 13.4. The summed E-state index contributed by atoms with van der Waals surface area (Å²) in [6.45, 7) is 6.47. The van der Waals surface area contributed by atoms with Crippen molar-refractivity contribution < 1.29 is 22.7 Å². The van der Waals surface area contributed by atoms with Gasteiger partial charge in [-0.2, -0.15) is 0 Å². The van der Waals surface area contributed by atoms with Gasteiger partial charge in [0, 0.05) is 12.6 Å². The smallest absolute Gasteiger partial charge is 0.264 e. The molecular formula is C29H33Cl2N3O5S. The monoisotopic (exact) mass is 605 g/mol. The van der Waals surface area contributed by atoms with E-state index in [4.69, 9.17) is 27.9 Å². The predicted molar refractivity (Wildman–Crippen MR) is 158 cm³/mol. The number of amides is 2. The van der Waals surface area contributed by atoms with Crippen molar-refractivity contribution >= 4 is 50.7 Å². The summed E-state index contributed by atoms with van der Waals surface area (Å²) in [5.41, 5.74) is 1.62. The number of aryl methyl sites for hydroxylation is 1. The number of anilines is 1. The maximum atomic E-state index is 14.0. The second-order valence-electron chi connectivity index (χ2n) is 9.61. The minimum absolute atomic E-state index is 0.0161. The van der Waals surface area contributed by atoms with Crippen LogP contribution in [0.15, 0.2) is 71.6 Å². The van der Waals surface area contributed by atoms with Gasteiger partial charge in [0.05, 0.1) is 27.7 Å². The molecule has 0 saturated carbocycles. The summed E-state index contributed by atoms with van der Waals surface area (Å²) in [5, 5.41) is 2.94. The highest BCUT2D eigenvalue weighted by atomic mass is 35.5. The SMILES string of the molecule is COc1cccc(CN(C(=O)CN(c2cccc(Cl)c2Cl)S(=O)(=O)c2ccc(C)cc2)C(C)C(=O)NC(C)C)c1. The van der Waals surface area contributed by atoms with Gasteiger partial charge in [-0.1, -0.05) is 59.1 Å². The van der Waals surface area contributed by atoms with Crippen molar-refractivity contribution in [1.82, 2.24) is 10.2 Å². The molecule has 214 valence electrons. The second-order valence-corrected chi connectivity index (χ2v) is 12.3. The number of hydrogen-bond donors (Lipinski definition) is 1. The van der Waals surface area contributed by atoms with Crippen LogP contribution >= 0.6 is 23.2 Å². The Balaban J connectivity index is 2.08. The fraction of sp³-hybridized carbons (Fsp3) is 0.310. The molecule has 0 aliphatic rings. The number of sulfonamides is 1. The first-order chi connectivity index (χ1) is 18.8. The highest BCUT2D eigenvalue weighted by Crippen LogP contribution is 2.35. The molecule has 3 rings (SSSR count). The summed E-state index contributed by atoms with van der Waals surface area (Å²) in [6, 6.07) is 16.8. The summed E-state index contributed by atoms with van der Waals surface area (Å²) in [5.74, 6) is -0.403. The Kier molecular flexibility index (Phi) is 10.5. The fourth-order valence-corrected chi connectivity index (χ4v) is 5.86. The molecule has 0 spiro atoms. The highest BCUT2D eigenvalue weighted by molar-refractivity contribution is 7.92. The van der Waals surface area contributed by atoms with Crippen LogP contribution in [0.5, 0.6) is 5.75 Å². The molecule has 1 atom stereocenters. The Labute approximate surface area is 245 Å². The molecule has 0 aliphatic heterocycles. The quantitative estimate of drug-likeness (QED) is 0.313. The standard InChI is InChI=1S/C29H33Cl2N3O5S/c1-19(2)32-29(36)21(4)33(17-22-8-6-9-23(16-22)39-5)27(35)18-34(26-11-7-10-25(30)28(26)31)40(37,38)24-14-12-20(3)13-15-24/h6-16,19,21H,17-18H2,1-5H3,(H,32,36). The van der Waals surface area contributed by atoms with Crippen LogP contribution in [0.3, 0.4) is 0 Å². The van der Waals surface area contributed by atoms with E-state index < -0.39 is 28.5 Å². The normalized spacial score (nSPS) is 12.1. The number of carbonyl (C=O) groups is 2. The van der Waals surface area contributed by atoms with Crippen LogP contribution in [-0.4, -0.2) is 50.9 Å². The molecule has 8 nitrogen and oxygen atoms in total. The molecule has 0 radical (unpaired) electrons. The average Bonchev–Trinajstić information content (AvgIpc) is 2.91. The minimum Gasteiger partial charge on any atom is -0.497 e. The van der Waals surface area contributed by atoms with Crippen LogP contribution in [0.2, 0.25) is 10.0 Å². The van der Waals surface area contributed by atoms with Crippen molar-refractivity contribution in [3.05, 3.63) is 87.9 Å². The van der Waals surface area contributed by atoms with Gasteiger partial charge in [-0.3, -0.25) is 13.9 Å². The lowest BCUT2D eigenvalue weighted by Crippen LogP contribution is -2.52. The Bertz CT molecular complexity index is 1460. The number of ether oxygens (including phenoxy) is 1. The molecule has 3 aromatic carbocycles. The molecule has 0 saturated heterocycles. The maximum Gasteiger partial charge on any atom is 0.264 e. The molecule has 0 bridgehead atoms. The van der Waals surface area contributed by atoms with E-state index in [2.05, 4.69) is 5.32 Å².